The summed E-state index contributed by atoms with van der Waals surface area (Å²) in [5.41, 5.74) is 0. The Morgan fingerprint density at radius 1 is 0.600 bits per heavy atom. The zero-order chi connectivity index (χ0) is 13.6. The molecule has 2 unspecified atom stereocenters. The summed E-state index contributed by atoms with van der Waals surface area (Å²) in [5.74, 6) is 1.86. The van der Waals surface area contributed by atoms with E-state index in [1.165, 1.54) is 12.8 Å². The van der Waals surface area contributed by atoms with Crippen molar-refractivity contribution in [3.63, 3.8) is 0 Å². The molecule has 1 saturated carbocycles. The maximum Gasteiger partial charge on any atom is 0.135 e. The smallest absolute Gasteiger partial charge is 0.135 e. The van der Waals surface area contributed by atoms with Gasteiger partial charge in [0.15, 0.2) is 0 Å². The molecule has 0 amide bonds. The van der Waals surface area contributed by atoms with Crippen molar-refractivity contribution >= 4 is 0 Å². The van der Waals surface area contributed by atoms with E-state index < -0.39 is 0 Å². The lowest BCUT2D eigenvalue weighted by atomic mass is 9.94. The standard InChI is InChI=1S/C18H20O2/c1-3-9-15(10-4-1)19-17-13-7-8-14-18(17)20-16-11-5-2-6-12-16/h1-6,9-12,17-18H,7-8,13-14H2. The Bertz CT molecular complexity index is 460. The highest BCUT2D eigenvalue weighted by molar-refractivity contribution is 5.23. The van der Waals surface area contributed by atoms with Gasteiger partial charge in [0.05, 0.1) is 0 Å². The highest BCUT2D eigenvalue weighted by Crippen LogP contribution is 2.27. The van der Waals surface area contributed by atoms with Crippen LogP contribution in [-0.2, 0) is 0 Å². The second-order valence-electron chi connectivity index (χ2n) is 5.22. The van der Waals surface area contributed by atoms with Crippen LogP contribution in [0.2, 0.25) is 0 Å². The molecule has 0 aromatic heterocycles. The van der Waals surface area contributed by atoms with Gasteiger partial charge in [0.1, 0.15) is 23.7 Å². The lowest BCUT2D eigenvalue weighted by molar-refractivity contribution is 0.0232. The summed E-state index contributed by atoms with van der Waals surface area (Å²) < 4.78 is 12.2. The molecule has 1 aliphatic rings. The minimum atomic E-state index is 0.145. The van der Waals surface area contributed by atoms with Crippen LogP contribution in [0.15, 0.2) is 60.7 Å². The molecule has 2 aromatic carbocycles. The van der Waals surface area contributed by atoms with Crippen molar-refractivity contribution in [2.24, 2.45) is 0 Å². The zero-order valence-electron chi connectivity index (χ0n) is 11.6. The zero-order valence-corrected chi connectivity index (χ0v) is 11.6. The molecule has 104 valence electrons. The van der Waals surface area contributed by atoms with Crippen molar-refractivity contribution in [2.45, 2.75) is 37.9 Å². The molecule has 0 spiro atoms. The van der Waals surface area contributed by atoms with E-state index in [1.807, 2.05) is 60.7 Å². The average molecular weight is 268 g/mol. The van der Waals surface area contributed by atoms with E-state index in [9.17, 15) is 0 Å². The van der Waals surface area contributed by atoms with Crippen LogP contribution >= 0.6 is 0 Å². The van der Waals surface area contributed by atoms with Gasteiger partial charge in [-0.25, -0.2) is 0 Å². The predicted octanol–water partition coefficient (Wildman–Crippen LogP) is 4.46. The van der Waals surface area contributed by atoms with E-state index >= 15 is 0 Å². The van der Waals surface area contributed by atoms with Crippen LogP contribution in [0.25, 0.3) is 0 Å². The fraction of sp³-hybridized carbons (Fsp3) is 0.333. The molecule has 2 aromatic rings. The van der Waals surface area contributed by atoms with Crippen LogP contribution in [0.5, 0.6) is 11.5 Å². The van der Waals surface area contributed by atoms with Gasteiger partial charge in [0, 0.05) is 0 Å². The molecule has 20 heavy (non-hydrogen) atoms. The molecule has 0 aliphatic heterocycles. The summed E-state index contributed by atoms with van der Waals surface area (Å²) in [7, 11) is 0. The van der Waals surface area contributed by atoms with Gasteiger partial charge >= 0.3 is 0 Å². The van der Waals surface area contributed by atoms with E-state index in [-0.39, 0.29) is 12.2 Å². The molecule has 0 bridgehead atoms. The van der Waals surface area contributed by atoms with Gasteiger partial charge in [-0.2, -0.15) is 0 Å². The first-order valence-corrected chi connectivity index (χ1v) is 7.35. The van der Waals surface area contributed by atoms with E-state index in [0.717, 1.165) is 24.3 Å². The molecule has 0 N–H and O–H groups in total. The van der Waals surface area contributed by atoms with Gasteiger partial charge in [-0.1, -0.05) is 36.4 Å². The van der Waals surface area contributed by atoms with Crippen LogP contribution in [0.3, 0.4) is 0 Å². The van der Waals surface area contributed by atoms with Gasteiger partial charge in [0.2, 0.25) is 0 Å². The highest BCUT2D eigenvalue weighted by Gasteiger charge is 2.28. The minimum absolute atomic E-state index is 0.145. The number of benzene rings is 2. The van der Waals surface area contributed by atoms with Gasteiger partial charge in [-0.3, -0.25) is 0 Å². The van der Waals surface area contributed by atoms with Crippen LogP contribution in [0, 0.1) is 0 Å². The Labute approximate surface area is 120 Å². The first-order valence-electron chi connectivity index (χ1n) is 7.35. The Morgan fingerprint density at radius 2 is 1.00 bits per heavy atom. The number of para-hydroxylation sites is 2. The third-order valence-electron chi connectivity index (χ3n) is 3.70. The fourth-order valence-electron chi connectivity index (χ4n) is 2.68. The molecule has 1 fully saturated rings. The van der Waals surface area contributed by atoms with Gasteiger partial charge in [0.25, 0.3) is 0 Å². The monoisotopic (exact) mass is 268 g/mol. The van der Waals surface area contributed by atoms with Gasteiger partial charge in [-0.05, 0) is 49.9 Å². The van der Waals surface area contributed by atoms with Crippen LogP contribution < -0.4 is 9.47 Å². The summed E-state index contributed by atoms with van der Waals surface area (Å²) in [6.07, 6.45) is 4.84. The summed E-state index contributed by atoms with van der Waals surface area (Å²) in [6, 6.07) is 20.1. The van der Waals surface area contributed by atoms with E-state index in [1.54, 1.807) is 0 Å². The van der Waals surface area contributed by atoms with E-state index in [4.69, 9.17) is 9.47 Å². The Morgan fingerprint density at radius 3 is 1.40 bits per heavy atom. The molecule has 0 heterocycles. The molecule has 3 rings (SSSR count). The van der Waals surface area contributed by atoms with Crippen molar-refractivity contribution in [2.75, 3.05) is 0 Å². The Hall–Kier alpha value is -1.96. The van der Waals surface area contributed by atoms with Crippen molar-refractivity contribution in [1.29, 1.82) is 0 Å². The van der Waals surface area contributed by atoms with Crippen LogP contribution in [0.1, 0.15) is 25.7 Å². The first kappa shape index (κ1) is 13.0. The molecule has 1 aliphatic carbocycles. The quantitative estimate of drug-likeness (QED) is 0.815. The van der Waals surface area contributed by atoms with Crippen molar-refractivity contribution in [3.8, 4) is 11.5 Å². The third-order valence-corrected chi connectivity index (χ3v) is 3.70. The lowest BCUT2D eigenvalue weighted by Gasteiger charge is -2.32. The normalized spacial score (nSPS) is 22.2. The molecule has 2 nitrogen and oxygen atoms in total. The minimum Gasteiger partial charge on any atom is -0.487 e. The maximum atomic E-state index is 6.12. The number of rotatable bonds is 4. The predicted molar refractivity (Wildman–Crippen MR) is 80.2 cm³/mol. The Kier molecular flexibility index (Phi) is 4.22. The van der Waals surface area contributed by atoms with Gasteiger partial charge < -0.3 is 9.47 Å². The van der Waals surface area contributed by atoms with Crippen molar-refractivity contribution < 1.29 is 9.47 Å². The number of hydrogen-bond donors (Lipinski definition) is 0. The fourth-order valence-corrected chi connectivity index (χ4v) is 2.68. The summed E-state index contributed by atoms with van der Waals surface area (Å²) >= 11 is 0. The second kappa shape index (κ2) is 6.47. The molecule has 2 heteroatoms. The molecular weight excluding hydrogens is 248 g/mol. The third kappa shape index (κ3) is 3.32. The largest absolute Gasteiger partial charge is 0.487 e. The Balaban J connectivity index is 1.68. The van der Waals surface area contributed by atoms with Crippen molar-refractivity contribution in [3.05, 3.63) is 60.7 Å². The molecule has 2 atom stereocenters. The van der Waals surface area contributed by atoms with Crippen LogP contribution in [-0.4, -0.2) is 12.2 Å². The van der Waals surface area contributed by atoms with E-state index in [0.29, 0.717) is 0 Å². The van der Waals surface area contributed by atoms with Crippen LogP contribution in [0.4, 0.5) is 0 Å². The second-order valence-corrected chi connectivity index (χ2v) is 5.22. The number of hydrogen-bond acceptors (Lipinski definition) is 2. The summed E-state index contributed by atoms with van der Waals surface area (Å²) in [6.45, 7) is 0. The average Bonchev–Trinajstić information content (AvgIpc) is 2.51. The highest BCUT2D eigenvalue weighted by atomic mass is 16.5. The van der Waals surface area contributed by atoms with Gasteiger partial charge in [-0.15, -0.1) is 0 Å². The molecule has 0 radical (unpaired) electrons. The molecule has 0 saturated heterocycles. The summed E-state index contributed by atoms with van der Waals surface area (Å²) in [4.78, 5) is 0. The maximum absolute atomic E-state index is 6.12. The summed E-state index contributed by atoms with van der Waals surface area (Å²) in [5, 5.41) is 0. The van der Waals surface area contributed by atoms with Crippen molar-refractivity contribution in [1.82, 2.24) is 0 Å². The van der Waals surface area contributed by atoms with E-state index in [2.05, 4.69) is 0 Å². The molecular formula is C18H20O2. The number of ether oxygens (including phenoxy) is 2. The topological polar surface area (TPSA) is 18.5 Å². The SMILES string of the molecule is c1ccc(OC2CCCCC2Oc2ccccc2)cc1. The lowest BCUT2D eigenvalue weighted by Crippen LogP contribution is -2.39. The first-order chi connectivity index (χ1) is 9.92.